The van der Waals surface area contributed by atoms with Crippen molar-refractivity contribution in [3.8, 4) is 0 Å². The van der Waals surface area contributed by atoms with E-state index in [0.717, 1.165) is 6.26 Å². The van der Waals surface area contributed by atoms with Gasteiger partial charge in [0.2, 0.25) is 0 Å². The fourth-order valence-electron chi connectivity index (χ4n) is 1.65. The molecule has 0 aromatic rings. The molecule has 7 nitrogen and oxygen atoms in total. The lowest BCUT2D eigenvalue weighted by atomic mass is 10.3. The first-order valence-corrected chi connectivity index (χ1v) is 8.94. The highest BCUT2D eigenvalue weighted by Crippen LogP contribution is 2.18. The van der Waals surface area contributed by atoms with Crippen molar-refractivity contribution in [2.45, 2.75) is 6.04 Å². The van der Waals surface area contributed by atoms with Crippen LogP contribution in [0.1, 0.15) is 0 Å². The van der Waals surface area contributed by atoms with Gasteiger partial charge in [0.1, 0.15) is 15.9 Å². The van der Waals surface area contributed by atoms with E-state index >= 15 is 0 Å². The maximum Gasteiger partial charge on any atom is 0.327 e. The van der Waals surface area contributed by atoms with E-state index in [1.165, 1.54) is 28.6 Å². The summed E-state index contributed by atoms with van der Waals surface area (Å²) < 4.78 is 22.1. The zero-order valence-corrected chi connectivity index (χ0v) is 12.5. The van der Waals surface area contributed by atoms with Gasteiger partial charge in [0.05, 0.1) is 5.75 Å². The quantitative estimate of drug-likeness (QED) is 0.758. The molecule has 0 saturated carbocycles. The number of aliphatic carboxylic acids is 1. The first-order valence-electron chi connectivity index (χ1n) is 5.72. The molecule has 2 amide bonds. The van der Waals surface area contributed by atoms with Crippen molar-refractivity contribution in [1.29, 1.82) is 0 Å². The molecule has 1 rings (SSSR count). The SMILES string of the molecule is CN(CCS(C)(=O)=O)C(=O)N1CCSCC1C(=O)O. The normalized spacial score (nSPS) is 20.1. The molecule has 1 N–H and O–H groups in total. The second kappa shape index (κ2) is 6.47. The molecule has 1 fully saturated rings. The lowest BCUT2D eigenvalue weighted by molar-refractivity contribution is -0.141. The molecule has 1 atom stereocenters. The van der Waals surface area contributed by atoms with Crippen molar-refractivity contribution in [2.24, 2.45) is 0 Å². The minimum Gasteiger partial charge on any atom is -0.480 e. The molecule has 0 aliphatic carbocycles. The number of carbonyl (C=O) groups excluding carboxylic acids is 1. The molecule has 9 heteroatoms. The van der Waals surface area contributed by atoms with Crippen molar-refractivity contribution >= 4 is 33.6 Å². The third-order valence-corrected chi connectivity index (χ3v) is 4.73. The van der Waals surface area contributed by atoms with E-state index in [-0.39, 0.29) is 12.3 Å². The fraction of sp³-hybridized carbons (Fsp3) is 0.800. The van der Waals surface area contributed by atoms with Crippen LogP contribution in [-0.2, 0) is 14.6 Å². The second-order valence-corrected chi connectivity index (χ2v) is 7.87. The Kier molecular flexibility index (Phi) is 5.48. The minimum absolute atomic E-state index is 0.0631. The summed E-state index contributed by atoms with van der Waals surface area (Å²) in [7, 11) is -1.67. The minimum atomic E-state index is -3.15. The number of carboxylic acids is 1. The van der Waals surface area contributed by atoms with Gasteiger partial charge in [-0.3, -0.25) is 0 Å². The smallest absolute Gasteiger partial charge is 0.327 e. The molecular formula is C10H18N2O5S2. The van der Waals surface area contributed by atoms with Gasteiger partial charge >= 0.3 is 12.0 Å². The predicted molar refractivity (Wildman–Crippen MR) is 73.2 cm³/mol. The maximum absolute atomic E-state index is 12.1. The van der Waals surface area contributed by atoms with E-state index < -0.39 is 27.9 Å². The second-order valence-electron chi connectivity index (χ2n) is 4.46. The summed E-state index contributed by atoms with van der Waals surface area (Å²) in [5.41, 5.74) is 0. The van der Waals surface area contributed by atoms with Crippen LogP contribution in [0, 0.1) is 0 Å². The van der Waals surface area contributed by atoms with Crippen LogP contribution in [-0.4, -0.2) is 85.0 Å². The molecule has 0 aromatic heterocycles. The van der Waals surface area contributed by atoms with E-state index in [1.807, 2.05) is 0 Å². The average molecular weight is 310 g/mol. The number of hydrogen-bond donors (Lipinski definition) is 1. The number of rotatable bonds is 4. The fourth-order valence-corrected chi connectivity index (χ4v) is 3.30. The van der Waals surface area contributed by atoms with Gasteiger partial charge in [0.25, 0.3) is 0 Å². The molecule has 110 valence electrons. The number of amides is 2. The summed E-state index contributed by atoms with van der Waals surface area (Å²) in [5.74, 6) is -0.108. The molecule has 1 unspecified atom stereocenters. The lowest BCUT2D eigenvalue weighted by Gasteiger charge is -2.35. The van der Waals surface area contributed by atoms with Crippen molar-refractivity contribution in [1.82, 2.24) is 9.80 Å². The molecule has 0 radical (unpaired) electrons. The number of sulfone groups is 1. The highest BCUT2D eigenvalue weighted by atomic mass is 32.2. The Labute approximate surface area is 116 Å². The Hall–Kier alpha value is -0.960. The Morgan fingerprint density at radius 2 is 2.11 bits per heavy atom. The Morgan fingerprint density at radius 3 is 2.63 bits per heavy atom. The Morgan fingerprint density at radius 1 is 1.47 bits per heavy atom. The molecule has 0 aromatic carbocycles. The zero-order valence-electron chi connectivity index (χ0n) is 10.9. The van der Waals surface area contributed by atoms with Crippen LogP contribution < -0.4 is 0 Å². The third kappa shape index (κ3) is 4.90. The van der Waals surface area contributed by atoms with E-state index in [9.17, 15) is 18.0 Å². The van der Waals surface area contributed by atoms with E-state index in [1.54, 1.807) is 0 Å². The van der Waals surface area contributed by atoms with E-state index in [4.69, 9.17) is 5.11 Å². The van der Waals surface area contributed by atoms with Gasteiger partial charge in [-0.15, -0.1) is 0 Å². The van der Waals surface area contributed by atoms with Crippen LogP contribution in [0.2, 0.25) is 0 Å². The van der Waals surface area contributed by atoms with Gasteiger partial charge in [0, 0.05) is 37.9 Å². The van der Waals surface area contributed by atoms with E-state index in [2.05, 4.69) is 0 Å². The van der Waals surface area contributed by atoms with Crippen LogP contribution in [0.25, 0.3) is 0 Å². The predicted octanol–water partition coefficient (Wildman–Crippen LogP) is -0.415. The van der Waals surface area contributed by atoms with Crippen LogP contribution >= 0.6 is 11.8 Å². The Balaban J connectivity index is 2.66. The molecule has 0 spiro atoms. The van der Waals surface area contributed by atoms with Gasteiger partial charge in [-0.25, -0.2) is 18.0 Å². The highest BCUT2D eigenvalue weighted by Gasteiger charge is 2.33. The van der Waals surface area contributed by atoms with Crippen LogP contribution in [0.4, 0.5) is 4.79 Å². The Bertz CT molecular complexity index is 451. The highest BCUT2D eigenvalue weighted by molar-refractivity contribution is 7.99. The van der Waals surface area contributed by atoms with Gasteiger partial charge < -0.3 is 14.9 Å². The van der Waals surface area contributed by atoms with Gasteiger partial charge in [0.15, 0.2) is 0 Å². The topological polar surface area (TPSA) is 95.0 Å². The summed E-state index contributed by atoms with van der Waals surface area (Å²) in [6.07, 6.45) is 1.10. The summed E-state index contributed by atoms with van der Waals surface area (Å²) in [4.78, 5) is 25.8. The van der Waals surface area contributed by atoms with Crippen molar-refractivity contribution in [3.05, 3.63) is 0 Å². The van der Waals surface area contributed by atoms with E-state index in [0.29, 0.717) is 18.1 Å². The number of urea groups is 1. The number of thioether (sulfide) groups is 1. The summed E-state index contributed by atoms with van der Waals surface area (Å²) in [6, 6.07) is -1.27. The zero-order chi connectivity index (χ0) is 14.6. The van der Waals surface area contributed by atoms with Gasteiger partial charge in [-0.2, -0.15) is 11.8 Å². The lowest BCUT2D eigenvalue weighted by Crippen LogP contribution is -2.54. The molecule has 0 bridgehead atoms. The third-order valence-electron chi connectivity index (χ3n) is 2.78. The molecule has 1 heterocycles. The van der Waals surface area contributed by atoms with Crippen LogP contribution in [0.15, 0.2) is 0 Å². The summed E-state index contributed by atoms with van der Waals surface area (Å²) in [5, 5.41) is 9.08. The summed E-state index contributed by atoms with van der Waals surface area (Å²) in [6.45, 7) is 0.428. The van der Waals surface area contributed by atoms with Crippen molar-refractivity contribution in [3.63, 3.8) is 0 Å². The monoisotopic (exact) mass is 310 g/mol. The maximum atomic E-state index is 12.1. The molecule has 1 aliphatic heterocycles. The average Bonchev–Trinajstić information content (AvgIpc) is 2.34. The number of hydrogen-bond acceptors (Lipinski definition) is 5. The summed E-state index contributed by atoms with van der Waals surface area (Å²) >= 11 is 1.49. The van der Waals surface area contributed by atoms with Crippen molar-refractivity contribution in [2.75, 3.05) is 43.7 Å². The van der Waals surface area contributed by atoms with Gasteiger partial charge in [-0.05, 0) is 0 Å². The number of nitrogens with zero attached hydrogens (tertiary/aromatic N) is 2. The molecule has 19 heavy (non-hydrogen) atoms. The molecular weight excluding hydrogens is 292 g/mol. The first kappa shape index (κ1) is 16.1. The van der Waals surface area contributed by atoms with Crippen LogP contribution in [0.5, 0.6) is 0 Å². The standard InChI is InChI=1S/C10H18N2O5S2/c1-11(4-6-19(2,16)17)10(15)12-3-5-18-7-8(12)9(13)14/h8H,3-7H2,1-2H3,(H,13,14). The molecule has 1 saturated heterocycles. The van der Waals surface area contributed by atoms with Crippen molar-refractivity contribution < 1.29 is 23.1 Å². The van der Waals surface area contributed by atoms with Gasteiger partial charge in [-0.1, -0.05) is 0 Å². The number of carboxylic acid groups (broad SMARTS) is 1. The molecule has 1 aliphatic rings. The largest absolute Gasteiger partial charge is 0.480 e. The number of carbonyl (C=O) groups is 2. The first-order chi connectivity index (χ1) is 8.72. The van der Waals surface area contributed by atoms with Crippen LogP contribution in [0.3, 0.4) is 0 Å².